The minimum absolute atomic E-state index is 0.0000674. The zero-order chi connectivity index (χ0) is 20.4. The third-order valence-corrected chi connectivity index (χ3v) is 5.75. The van der Waals surface area contributed by atoms with E-state index in [0.717, 1.165) is 17.7 Å². The van der Waals surface area contributed by atoms with Crippen molar-refractivity contribution in [2.24, 2.45) is 5.92 Å². The fraction of sp³-hybridized carbons (Fsp3) is 0.409. The molecule has 3 heterocycles. The number of benzene rings is 1. The third kappa shape index (κ3) is 3.77. The molecule has 1 unspecified atom stereocenters. The first-order chi connectivity index (χ1) is 14.1. The lowest BCUT2D eigenvalue weighted by molar-refractivity contribution is -0.137. The molecule has 152 valence electrons. The number of hydrogen-bond acceptors (Lipinski definition) is 4. The molecule has 2 aromatic rings. The molecule has 0 saturated carbocycles. The van der Waals surface area contributed by atoms with E-state index in [1.54, 1.807) is 26.8 Å². The van der Waals surface area contributed by atoms with Gasteiger partial charge in [0.15, 0.2) is 5.76 Å². The maximum atomic E-state index is 13.0. The molecule has 2 aliphatic heterocycles. The predicted octanol–water partition coefficient (Wildman–Crippen LogP) is 2.18. The largest absolute Gasteiger partial charge is 0.459 e. The number of para-hydroxylation sites is 1. The number of nitrogens with zero attached hydrogens (tertiary/aromatic N) is 3. The fourth-order valence-electron chi connectivity index (χ4n) is 4.12. The van der Waals surface area contributed by atoms with E-state index in [9.17, 15) is 14.4 Å². The van der Waals surface area contributed by atoms with E-state index < -0.39 is 0 Å². The minimum Gasteiger partial charge on any atom is -0.459 e. The van der Waals surface area contributed by atoms with Crippen molar-refractivity contribution in [2.45, 2.75) is 19.8 Å². The first-order valence-corrected chi connectivity index (χ1v) is 10.1. The molecule has 2 aliphatic rings. The highest BCUT2D eigenvalue weighted by atomic mass is 16.3. The van der Waals surface area contributed by atoms with E-state index in [0.29, 0.717) is 38.5 Å². The second kappa shape index (κ2) is 8.11. The van der Waals surface area contributed by atoms with Gasteiger partial charge >= 0.3 is 0 Å². The van der Waals surface area contributed by atoms with E-state index in [2.05, 4.69) is 6.92 Å². The SMILES string of the molecule is CCc1ccccc1N1CC(C(=O)N2CCN(C(=O)c3ccco3)CC2)CC1=O. The molecule has 0 bridgehead atoms. The van der Waals surface area contributed by atoms with Crippen LogP contribution in [-0.2, 0) is 16.0 Å². The Bertz CT molecular complexity index is 901. The number of carbonyl (C=O) groups is 3. The maximum absolute atomic E-state index is 13.0. The average molecular weight is 395 g/mol. The summed E-state index contributed by atoms with van der Waals surface area (Å²) in [4.78, 5) is 43.2. The van der Waals surface area contributed by atoms with E-state index >= 15 is 0 Å². The average Bonchev–Trinajstić information content (AvgIpc) is 3.43. The number of anilines is 1. The lowest BCUT2D eigenvalue weighted by Gasteiger charge is -2.35. The molecule has 7 heteroatoms. The van der Waals surface area contributed by atoms with Crippen LogP contribution in [0.15, 0.2) is 47.1 Å². The standard InChI is InChI=1S/C22H25N3O4/c1-2-16-6-3-4-7-18(16)25-15-17(14-20(25)26)21(27)23-9-11-24(12-10-23)22(28)19-8-5-13-29-19/h3-8,13,17H,2,9-12,14-15H2,1H3. The molecule has 1 aromatic carbocycles. The van der Waals surface area contributed by atoms with Gasteiger partial charge in [-0.2, -0.15) is 0 Å². The second-order valence-corrected chi connectivity index (χ2v) is 7.48. The Kier molecular flexibility index (Phi) is 5.38. The summed E-state index contributed by atoms with van der Waals surface area (Å²) in [6.45, 7) is 4.36. The van der Waals surface area contributed by atoms with E-state index in [-0.39, 0.29) is 30.1 Å². The molecular formula is C22H25N3O4. The van der Waals surface area contributed by atoms with Crippen LogP contribution < -0.4 is 4.90 Å². The molecule has 0 radical (unpaired) electrons. The summed E-state index contributed by atoms with van der Waals surface area (Å²) in [6.07, 6.45) is 2.55. The molecule has 3 amide bonds. The summed E-state index contributed by atoms with van der Waals surface area (Å²) in [5.74, 6) is -0.174. The van der Waals surface area contributed by atoms with Crippen molar-refractivity contribution in [2.75, 3.05) is 37.6 Å². The van der Waals surface area contributed by atoms with Crippen LogP contribution in [0.4, 0.5) is 5.69 Å². The highest BCUT2D eigenvalue weighted by Gasteiger charge is 2.38. The second-order valence-electron chi connectivity index (χ2n) is 7.48. The van der Waals surface area contributed by atoms with Crippen molar-refractivity contribution in [3.8, 4) is 0 Å². The highest BCUT2D eigenvalue weighted by Crippen LogP contribution is 2.29. The van der Waals surface area contributed by atoms with Gasteiger partial charge in [0.1, 0.15) is 0 Å². The molecule has 4 rings (SSSR count). The normalized spacial score (nSPS) is 19.7. The Morgan fingerprint density at radius 3 is 2.45 bits per heavy atom. The Labute approximate surface area is 169 Å². The molecule has 1 aromatic heterocycles. The smallest absolute Gasteiger partial charge is 0.289 e. The van der Waals surface area contributed by atoms with Gasteiger partial charge in [-0.15, -0.1) is 0 Å². The van der Waals surface area contributed by atoms with Crippen LogP contribution in [0.2, 0.25) is 0 Å². The molecule has 2 saturated heterocycles. The quantitative estimate of drug-likeness (QED) is 0.795. The first kappa shape index (κ1) is 19.2. The van der Waals surface area contributed by atoms with Crippen molar-refractivity contribution >= 4 is 23.4 Å². The summed E-state index contributed by atoms with van der Waals surface area (Å²) in [7, 11) is 0. The number of furan rings is 1. The van der Waals surface area contributed by atoms with Gasteiger partial charge < -0.3 is 19.1 Å². The Morgan fingerprint density at radius 1 is 1.03 bits per heavy atom. The third-order valence-electron chi connectivity index (χ3n) is 5.75. The van der Waals surface area contributed by atoms with Gasteiger partial charge in [-0.1, -0.05) is 25.1 Å². The lowest BCUT2D eigenvalue weighted by Crippen LogP contribution is -2.52. The van der Waals surface area contributed by atoms with Crippen molar-refractivity contribution in [1.29, 1.82) is 0 Å². The monoisotopic (exact) mass is 395 g/mol. The summed E-state index contributed by atoms with van der Waals surface area (Å²) < 4.78 is 5.17. The van der Waals surface area contributed by atoms with Crippen LogP contribution in [0.1, 0.15) is 29.5 Å². The van der Waals surface area contributed by atoms with Crippen LogP contribution >= 0.6 is 0 Å². The van der Waals surface area contributed by atoms with Gasteiger partial charge in [-0.25, -0.2) is 0 Å². The number of aryl methyl sites for hydroxylation is 1. The van der Waals surface area contributed by atoms with Gasteiger partial charge in [0.25, 0.3) is 5.91 Å². The fourth-order valence-corrected chi connectivity index (χ4v) is 4.12. The van der Waals surface area contributed by atoms with Gasteiger partial charge in [0.05, 0.1) is 12.2 Å². The van der Waals surface area contributed by atoms with E-state index in [1.165, 1.54) is 6.26 Å². The Hall–Kier alpha value is -3.09. The summed E-state index contributed by atoms with van der Waals surface area (Å²) in [6, 6.07) is 11.2. The van der Waals surface area contributed by atoms with E-state index in [4.69, 9.17) is 4.42 Å². The van der Waals surface area contributed by atoms with Crippen molar-refractivity contribution in [1.82, 2.24) is 9.80 Å². The molecule has 1 atom stereocenters. The number of hydrogen-bond donors (Lipinski definition) is 0. The molecule has 7 nitrogen and oxygen atoms in total. The molecule has 29 heavy (non-hydrogen) atoms. The van der Waals surface area contributed by atoms with E-state index in [1.807, 2.05) is 24.3 Å². The van der Waals surface area contributed by atoms with Crippen molar-refractivity contribution in [3.63, 3.8) is 0 Å². The molecule has 0 spiro atoms. The lowest BCUT2D eigenvalue weighted by atomic mass is 10.1. The molecular weight excluding hydrogens is 370 g/mol. The number of amides is 3. The molecule has 0 N–H and O–H groups in total. The van der Waals surface area contributed by atoms with Crippen LogP contribution in [-0.4, -0.2) is 60.2 Å². The van der Waals surface area contributed by atoms with Gasteiger partial charge in [0.2, 0.25) is 11.8 Å². The number of piperazine rings is 1. The maximum Gasteiger partial charge on any atom is 0.289 e. The zero-order valence-electron chi connectivity index (χ0n) is 16.5. The van der Waals surface area contributed by atoms with Crippen molar-refractivity contribution < 1.29 is 18.8 Å². The van der Waals surface area contributed by atoms with Crippen molar-refractivity contribution in [3.05, 3.63) is 54.0 Å². The minimum atomic E-state index is -0.334. The summed E-state index contributed by atoms with van der Waals surface area (Å²) in [5.41, 5.74) is 2.02. The predicted molar refractivity (Wildman–Crippen MR) is 107 cm³/mol. The topological polar surface area (TPSA) is 74.1 Å². The zero-order valence-corrected chi connectivity index (χ0v) is 16.5. The van der Waals surface area contributed by atoms with Crippen LogP contribution in [0.3, 0.4) is 0 Å². The van der Waals surface area contributed by atoms with Crippen LogP contribution in [0.5, 0.6) is 0 Å². The van der Waals surface area contributed by atoms with Gasteiger partial charge in [0, 0.05) is 44.8 Å². The highest BCUT2D eigenvalue weighted by molar-refractivity contribution is 6.01. The number of carbonyl (C=O) groups excluding carboxylic acids is 3. The van der Waals surface area contributed by atoms with Gasteiger partial charge in [-0.05, 0) is 30.2 Å². The Morgan fingerprint density at radius 2 is 1.76 bits per heavy atom. The van der Waals surface area contributed by atoms with Gasteiger partial charge in [-0.3, -0.25) is 14.4 Å². The number of rotatable bonds is 4. The van der Waals surface area contributed by atoms with Crippen LogP contribution in [0.25, 0.3) is 0 Å². The van der Waals surface area contributed by atoms with Crippen LogP contribution in [0, 0.1) is 5.92 Å². The summed E-state index contributed by atoms with van der Waals surface area (Å²) >= 11 is 0. The molecule has 2 fully saturated rings. The molecule has 0 aliphatic carbocycles. The first-order valence-electron chi connectivity index (χ1n) is 10.1. The Balaban J connectivity index is 1.37. The summed E-state index contributed by atoms with van der Waals surface area (Å²) in [5, 5.41) is 0.